The van der Waals surface area contributed by atoms with Crippen molar-refractivity contribution in [3.05, 3.63) is 28.5 Å². The molecule has 0 radical (unpaired) electrons. The van der Waals surface area contributed by atoms with Crippen molar-refractivity contribution in [1.82, 2.24) is 0 Å². The summed E-state index contributed by atoms with van der Waals surface area (Å²) in [7, 11) is 0. The Bertz CT molecular complexity index is 382. The zero-order valence-corrected chi connectivity index (χ0v) is 8.97. The molecule has 0 atom stereocenters. The number of rotatable bonds is 3. The fraction of sp³-hybridized carbons (Fsp3) is 0.300. The van der Waals surface area contributed by atoms with Gasteiger partial charge in [-0.25, -0.2) is 9.18 Å². The molecule has 3 nitrogen and oxygen atoms in total. The van der Waals surface area contributed by atoms with Gasteiger partial charge in [0.15, 0.2) is 0 Å². The maximum atomic E-state index is 12.9. The predicted molar refractivity (Wildman–Crippen MR) is 56.4 cm³/mol. The lowest BCUT2D eigenvalue weighted by Crippen LogP contribution is -2.08. The number of carbonyl (C=O) groups excluding carboxylic acids is 1. The molecule has 0 aromatic heterocycles. The van der Waals surface area contributed by atoms with E-state index >= 15 is 0 Å². The summed E-state index contributed by atoms with van der Waals surface area (Å²) in [6.45, 7) is 2.17. The predicted octanol–water partition coefficient (Wildman–Crippen LogP) is 2.63. The fourth-order valence-corrected chi connectivity index (χ4v) is 1.22. The first-order valence-corrected chi connectivity index (χ1v) is 4.85. The Morgan fingerprint density at radius 2 is 2.27 bits per heavy atom. The molecule has 0 heterocycles. The maximum Gasteiger partial charge on any atom is 0.339 e. The Hall–Kier alpha value is -1.29. The molecule has 82 valence electrons. The molecule has 0 saturated heterocycles. The summed E-state index contributed by atoms with van der Waals surface area (Å²) < 4.78 is 17.8. The van der Waals surface area contributed by atoms with Crippen molar-refractivity contribution in [3.8, 4) is 0 Å². The van der Waals surface area contributed by atoms with Gasteiger partial charge in [-0.3, -0.25) is 0 Å². The highest BCUT2D eigenvalue weighted by atomic mass is 35.5. The van der Waals surface area contributed by atoms with Gasteiger partial charge in [0.05, 0.1) is 22.9 Å². The highest BCUT2D eigenvalue weighted by molar-refractivity contribution is 6.33. The van der Waals surface area contributed by atoms with Gasteiger partial charge in [-0.15, -0.1) is 0 Å². The first-order chi connectivity index (χ1) is 7.06. The topological polar surface area (TPSA) is 52.3 Å². The second-order valence-electron chi connectivity index (χ2n) is 2.99. The van der Waals surface area contributed by atoms with E-state index in [1.54, 1.807) is 0 Å². The Balaban J connectivity index is 2.94. The fourth-order valence-electron chi connectivity index (χ4n) is 0.995. The van der Waals surface area contributed by atoms with E-state index < -0.39 is 11.8 Å². The number of ether oxygens (including phenoxy) is 1. The number of hydrogen-bond acceptors (Lipinski definition) is 3. The molecule has 1 aromatic carbocycles. The molecule has 0 fully saturated rings. The van der Waals surface area contributed by atoms with Crippen LogP contribution >= 0.6 is 11.6 Å². The third-order valence-corrected chi connectivity index (χ3v) is 2.06. The molecule has 2 N–H and O–H groups in total. The number of benzene rings is 1. The summed E-state index contributed by atoms with van der Waals surface area (Å²) in [5.74, 6) is -1.24. The molecule has 0 unspecified atom stereocenters. The van der Waals surface area contributed by atoms with E-state index in [2.05, 4.69) is 0 Å². The van der Waals surface area contributed by atoms with Gasteiger partial charge in [0.25, 0.3) is 0 Å². The highest BCUT2D eigenvalue weighted by Gasteiger charge is 2.14. The molecular formula is C10H11ClFNO2. The third kappa shape index (κ3) is 2.83. The van der Waals surface area contributed by atoms with Crippen LogP contribution in [0, 0.1) is 5.82 Å². The van der Waals surface area contributed by atoms with Crippen LogP contribution in [0.3, 0.4) is 0 Å². The SMILES string of the molecule is CCCOC(=O)c1cc(N)c(F)cc1Cl. The molecule has 1 rings (SSSR count). The Labute approximate surface area is 92.0 Å². The van der Waals surface area contributed by atoms with Crippen molar-refractivity contribution in [2.75, 3.05) is 12.3 Å². The summed E-state index contributed by atoms with van der Waals surface area (Å²) >= 11 is 5.68. The molecular weight excluding hydrogens is 221 g/mol. The summed E-state index contributed by atoms with van der Waals surface area (Å²) in [5.41, 5.74) is 5.28. The van der Waals surface area contributed by atoms with Crippen molar-refractivity contribution in [1.29, 1.82) is 0 Å². The molecule has 0 saturated carbocycles. The van der Waals surface area contributed by atoms with E-state index in [4.69, 9.17) is 22.1 Å². The van der Waals surface area contributed by atoms with Crippen LogP contribution in [-0.2, 0) is 4.74 Å². The van der Waals surface area contributed by atoms with Crippen molar-refractivity contribution in [2.45, 2.75) is 13.3 Å². The Morgan fingerprint density at radius 1 is 1.60 bits per heavy atom. The van der Waals surface area contributed by atoms with Crippen LogP contribution in [0.15, 0.2) is 12.1 Å². The van der Waals surface area contributed by atoms with E-state index in [0.717, 1.165) is 6.07 Å². The molecule has 15 heavy (non-hydrogen) atoms. The van der Waals surface area contributed by atoms with Gasteiger partial charge >= 0.3 is 5.97 Å². The van der Waals surface area contributed by atoms with E-state index in [9.17, 15) is 9.18 Å². The van der Waals surface area contributed by atoms with Gasteiger partial charge in [0.1, 0.15) is 5.82 Å². The number of anilines is 1. The van der Waals surface area contributed by atoms with Gasteiger partial charge in [-0.2, -0.15) is 0 Å². The lowest BCUT2D eigenvalue weighted by molar-refractivity contribution is 0.0505. The van der Waals surface area contributed by atoms with Crippen molar-refractivity contribution in [2.24, 2.45) is 0 Å². The quantitative estimate of drug-likeness (QED) is 0.643. The Morgan fingerprint density at radius 3 is 2.87 bits per heavy atom. The van der Waals surface area contributed by atoms with Crippen LogP contribution in [0.2, 0.25) is 5.02 Å². The van der Waals surface area contributed by atoms with E-state index in [1.807, 2.05) is 6.92 Å². The average Bonchev–Trinajstić information content (AvgIpc) is 2.20. The summed E-state index contributed by atoms with van der Waals surface area (Å²) in [4.78, 5) is 11.4. The zero-order chi connectivity index (χ0) is 11.4. The summed E-state index contributed by atoms with van der Waals surface area (Å²) in [6.07, 6.45) is 0.708. The summed E-state index contributed by atoms with van der Waals surface area (Å²) in [6, 6.07) is 2.18. The smallest absolute Gasteiger partial charge is 0.339 e. The van der Waals surface area contributed by atoms with Crippen molar-refractivity contribution >= 4 is 23.3 Å². The number of hydrogen-bond donors (Lipinski definition) is 1. The molecule has 0 spiro atoms. The van der Waals surface area contributed by atoms with Crippen LogP contribution in [0.25, 0.3) is 0 Å². The average molecular weight is 232 g/mol. The molecule has 0 bridgehead atoms. The minimum atomic E-state index is -0.646. The van der Waals surface area contributed by atoms with Crippen molar-refractivity contribution in [3.63, 3.8) is 0 Å². The lowest BCUT2D eigenvalue weighted by atomic mass is 10.2. The number of esters is 1. The van der Waals surface area contributed by atoms with Crippen molar-refractivity contribution < 1.29 is 13.9 Å². The summed E-state index contributed by atoms with van der Waals surface area (Å²) in [5, 5.41) is 0.00260. The molecule has 0 aliphatic heterocycles. The van der Waals surface area contributed by atoms with E-state index in [0.29, 0.717) is 13.0 Å². The number of carbonyl (C=O) groups is 1. The van der Waals surface area contributed by atoms with E-state index in [1.165, 1.54) is 6.07 Å². The molecule has 0 aliphatic carbocycles. The standard InChI is InChI=1S/C10H11ClFNO2/c1-2-3-15-10(14)6-4-9(13)8(12)5-7(6)11/h4-5H,2-3,13H2,1H3. The second-order valence-corrected chi connectivity index (χ2v) is 3.40. The molecule has 5 heteroatoms. The highest BCUT2D eigenvalue weighted by Crippen LogP contribution is 2.22. The van der Waals surface area contributed by atoms with Crippen LogP contribution in [0.4, 0.5) is 10.1 Å². The van der Waals surface area contributed by atoms with Crippen LogP contribution in [0.1, 0.15) is 23.7 Å². The molecule has 0 aliphatic rings. The van der Waals surface area contributed by atoms with Crippen LogP contribution in [-0.4, -0.2) is 12.6 Å². The lowest BCUT2D eigenvalue weighted by Gasteiger charge is -2.06. The first-order valence-electron chi connectivity index (χ1n) is 4.48. The van der Waals surface area contributed by atoms with Crippen LogP contribution < -0.4 is 5.73 Å². The molecule has 0 amide bonds. The van der Waals surface area contributed by atoms with Crippen LogP contribution in [0.5, 0.6) is 0 Å². The monoisotopic (exact) mass is 231 g/mol. The largest absolute Gasteiger partial charge is 0.462 e. The van der Waals surface area contributed by atoms with Gasteiger partial charge in [-0.1, -0.05) is 18.5 Å². The van der Waals surface area contributed by atoms with E-state index in [-0.39, 0.29) is 16.3 Å². The second kappa shape index (κ2) is 4.98. The van der Waals surface area contributed by atoms with Gasteiger partial charge in [-0.05, 0) is 18.6 Å². The molecule has 1 aromatic rings. The van der Waals surface area contributed by atoms with Gasteiger partial charge < -0.3 is 10.5 Å². The zero-order valence-electron chi connectivity index (χ0n) is 8.22. The number of nitrogen functional groups attached to an aromatic ring is 1. The Kier molecular flexibility index (Phi) is 3.91. The maximum absolute atomic E-state index is 12.9. The number of halogens is 2. The first kappa shape index (κ1) is 11.8. The normalized spacial score (nSPS) is 10.1. The minimum absolute atomic E-state index is 0.00260. The number of nitrogens with two attached hydrogens (primary N) is 1. The van der Waals surface area contributed by atoms with Gasteiger partial charge in [0.2, 0.25) is 0 Å². The third-order valence-electron chi connectivity index (χ3n) is 1.74. The van der Waals surface area contributed by atoms with Gasteiger partial charge in [0, 0.05) is 0 Å². The minimum Gasteiger partial charge on any atom is -0.462 e.